The first-order valence-electron chi connectivity index (χ1n) is 15.9. The normalized spacial score (nSPS) is 32.4. The molecule has 2 fully saturated rings. The summed E-state index contributed by atoms with van der Waals surface area (Å²) in [5.41, 5.74) is -0.0172. The summed E-state index contributed by atoms with van der Waals surface area (Å²) in [6, 6.07) is 0. The second-order valence-electron chi connectivity index (χ2n) is 12.6. The van der Waals surface area contributed by atoms with E-state index in [1.165, 1.54) is 13.0 Å². The Morgan fingerprint density at radius 1 is 1.00 bits per heavy atom. The minimum Gasteiger partial charge on any atom is -0.478 e. The molecule has 2 heterocycles. The highest BCUT2D eigenvalue weighted by atomic mass is 16.7. The third-order valence-corrected chi connectivity index (χ3v) is 8.85. The number of carboxylic acids is 1. The zero-order valence-electron chi connectivity index (χ0n) is 28.4. The van der Waals surface area contributed by atoms with Gasteiger partial charge in [0.05, 0.1) is 36.4 Å². The molecule has 1 amide bonds. The molecule has 0 bridgehead atoms. The Kier molecular flexibility index (Phi) is 15.7. The zero-order chi connectivity index (χ0) is 35.4. The summed E-state index contributed by atoms with van der Waals surface area (Å²) in [6.45, 7) is 10.8. The van der Waals surface area contributed by atoms with Crippen LogP contribution in [0, 0.1) is 17.3 Å². The molecule has 11 heteroatoms. The minimum atomic E-state index is -2.31. The van der Waals surface area contributed by atoms with E-state index >= 15 is 0 Å². The van der Waals surface area contributed by atoms with Crippen LogP contribution in [-0.2, 0) is 23.8 Å². The van der Waals surface area contributed by atoms with Crippen LogP contribution in [0.2, 0.25) is 0 Å². The number of hydrogen-bond acceptors (Lipinski definition) is 9. The van der Waals surface area contributed by atoms with E-state index in [0.29, 0.717) is 6.42 Å². The molecule has 10 unspecified atom stereocenters. The number of allylic oxidation sites excluding steroid dienone is 9. The molecule has 0 aromatic heterocycles. The molecule has 2 aliphatic heterocycles. The summed E-state index contributed by atoms with van der Waals surface area (Å²) in [5.74, 6) is -5.19. The molecule has 0 saturated carbocycles. The number of carbonyl (C=O) groups is 2. The quantitative estimate of drug-likeness (QED) is 0.113. The van der Waals surface area contributed by atoms with Gasteiger partial charge < -0.3 is 45.1 Å². The van der Waals surface area contributed by atoms with E-state index in [0.717, 1.165) is 11.6 Å². The van der Waals surface area contributed by atoms with E-state index in [1.807, 2.05) is 32.9 Å². The highest BCUT2D eigenvalue weighted by Gasteiger charge is 2.59. The second-order valence-corrected chi connectivity index (χ2v) is 12.6. The van der Waals surface area contributed by atoms with Crippen LogP contribution in [-0.4, -0.2) is 99.6 Å². The predicted octanol–water partition coefficient (Wildman–Crippen LogP) is 3.13. The second kappa shape index (κ2) is 18.4. The first-order chi connectivity index (χ1) is 22.1. The van der Waals surface area contributed by atoms with Crippen molar-refractivity contribution in [3.05, 3.63) is 84.6 Å². The molecule has 0 radical (unpaired) electrons. The average molecular weight is 660 g/mol. The molecule has 0 aromatic carbocycles. The number of carboxylic acid groups (broad SMARTS) is 1. The Morgan fingerprint density at radius 3 is 2.30 bits per heavy atom. The van der Waals surface area contributed by atoms with Crippen molar-refractivity contribution in [3.63, 3.8) is 0 Å². The standard InChI is InChI=1S/C36H53NO10/c1-8-9-12-19-29-35(5,6)32(41)33(42)36(44,47-29)25(4)34(43)37-21-16-15-17-23(2)31(45-7)24(3)28-22-26(38)27(46-28)18-13-10-11-14-20-30(39)40/h8-20,24-29,31-33,38,41-42,44H,21-22H2,1-7H3,(H,37,43)(H,39,40). The Bertz CT molecular complexity index is 1250. The lowest BCUT2D eigenvalue weighted by Crippen LogP contribution is -2.68. The number of rotatable bonds is 15. The third-order valence-electron chi connectivity index (χ3n) is 8.85. The van der Waals surface area contributed by atoms with Gasteiger partial charge in [-0.2, -0.15) is 0 Å². The average Bonchev–Trinajstić information content (AvgIpc) is 3.40. The van der Waals surface area contributed by atoms with E-state index in [9.17, 15) is 30.0 Å². The number of hydrogen-bond donors (Lipinski definition) is 6. The minimum absolute atomic E-state index is 0.0908. The predicted molar refractivity (Wildman–Crippen MR) is 179 cm³/mol. The Morgan fingerprint density at radius 2 is 1.66 bits per heavy atom. The van der Waals surface area contributed by atoms with E-state index < -0.39 is 59.5 Å². The Balaban J connectivity index is 1.97. The van der Waals surface area contributed by atoms with Gasteiger partial charge in [-0.1, -0.05) is 93.7 Å². The number of aliphatic hydroxyl groups excluding tert-OH is 3. The molecule has 2 saturated heterocycles. The highest BCUT2D eigenvalue weighted by Crippen LogP contribution is 2.43. The SMILES string of the molecule is CC=CC=CC1OC(O)(C(C)C(=O)NCC=CC=C(C)C(OC)C(C)C2CC(O)C(C=CC=CC=CC(=O)O)O2)C(O)C(O)C1(C)C. The molecule has 11 nitrogen and oxygen atoms in total. The summed E-state index contributed by atoms with van der Waals surface area (Å²) in [6.07, 6.45) is 16.3. The van der Waals surface area contributed by atoms with Crippen molar-refractivity contribution >= 4 is 11.9 Å². The first-order valence-corrected chi connectivity index (χ1v) is 15.9. The van der Waals surface area contributed by atoms with E-state index in [-0.39, 0.29) is 24.7 Å². The van der Waals surface area contributed by atoms with Crippen molar-refractivity contribution in [3.8, 4) is 0 Å². The van der Waals surface area contributed by atoms with Crippen LogP contribution in [0.1, 0.15) is 48.0 Å². The van der Waals surface area contributed by atoms with Crippen molar-refractivity contribution in [1.29, 1.82) is 0 Å². The van der Waals surface area contributed by atoms with Crippen LogP contribution in [0.3, 0.4) is 0 Å². The zero-order valence-corrected chi connectivity index (χ0v) is 28.4. The molecule has 2 aliphatic rings. The largest absolute Gasteiger partial charge is 0.478 e. The smallest absolute Gasteiger partial charge is 0.328 e. The van der Waals surface area contributed by atoms with Crippen molar-refractivity contribution in [2.45, 2.75) is 96.5 Å². The number of amides is 1. The number of carbonyl (C=O) groups excluding carboxylic acids is 1. The molecule has 0 spiro atoms. The number of methoxy groups -OCH3 is 1. The number of aliphatic hydroxyl groups is 4. The summed E-state index contributed by atoms with van der Waals surface area (Å²) in [7, 11) is 1.60. The van der Waals surface area contributed by atoms with Gasteiger partial charge in [0.25, 0.3) is 0 Å². The summed E-state index contributed by atoms with van der Waals surface area (Å²) >= 11 is 0. The van der Waals surface area contributed by atoms with Crippen LogP contribution in [0.5, 0.6) is 0 Å². The molecular weight excluding hydrogens is 606 g/mol. The van der Waals surface area contributed by atoms with Crippen LogP contribution >= 0.6 is 0 Å². The molecule has 0 aromatic rings. The fourth-order valence-corrected chi connectivity index (χ4v) is 5.71. The fraction of sp³-hybridized carbons (Fsp3) is 0.556. The van der Waals surface area contributed by atoms with Crippen molar-refractivity contribution < 1.29 is 49.3 Å². The van der Waals surface area contributed by atoms with Crippen molar-refractivity contribution in [1.82, 2.24) is 5.32 Å². The topological polar surface area (TPSA) is 175 Å². The fourth-order valence-electron chi connectivity index (χ4n) is 5.71. The van der Waals surface area contributed by atoms with Gasteiger partial charge in [0.2, 0.25) is 11.7 Å². The lowest BCUT2D eigenvalue weighted by Gasteiger charge is -2.52. The Labute approximate surface area is 278 Å². The van der Waals surface area contributed by atoms with Gasteiger partial charge in [0, 0.05) is 37.5 Å². The van der Waals surface area contributed by atoms with Gasteiger partial charge in [-0.3, -0.25) is 4.79 Å². The van der Waals surface area contributed by atoms with Gasteiger partial charge in [0.15, 0.2) is 0 Å². The number of aliphatic carboxylic acids is 1. The summed E-state index contributed by atoms with van der Waals surface area (Å²) in [4.78, 5) is 23.5. The highest BCUT2D eigenvalue weighted by molar-refractivity contribution is 5.80. The molecule has 0 aliphatic carbocycles. The maximum Gasteiger partial charge on any atom is 0.328 e. The number of ether oxygens (including phenoxy) is 3. The van der Waals surface area contributed by atoms with Gasteiger partial charge >= 0.3 is 5.97 Å². The van der Waals surface area contributed by atoms with E-state index in [4.69, 9.17) is 19.3 Å². The maximum atomic E-state index is 13.0. The van der Waals surface area contributed by atoms with E-state index in [2.05, 4.69) is 5.32 Å². The van der Waals surface area contributed by atoms with Gasteiger partial charge in [-0.05, 0) is 26.3 Å². The lowest BCUT2D eigenvalue weighted by molar-refractivity contribution is -0.357. The maximum absolute atomic E-state index is 13.0. The monoisotopic (exact) mass is 659 g/mol. The molecular formula is C36H53NO10. The molecule has 10 atom stereocenters. The van der Waals surface area contributed by atoms with E-state index in [1.54, 1.807) is 75.6 Å². The molecule has 262 valence electrons. The number of nitrogens with one attached hydrogen (secondary N) is 1. The first kappa shape index (κ1) is 40.0. The molecule has 6 N–H and O–H groups in total. The summed E-state index contributed by atoms with van der Waals surface area (Å²) in [5, 5.41) is 54.8. The van der Waals surface area contributed by atoms with Gasteiger partial charge in [-0.15, -0.1) is 0 Å². The van der Waals surface area contributed by atoms with Crippen molar-refractivity contribution in [2.75, 3.05) is 13.7 Å². The van der Waals surface area contributed by atoms with Crippen LogP contribution in [0.15, 0.2) is 84.6 Å². The summed E-state index contributed by atoms with van der Waals surface area (Å²) < 4.78 is 17.7. The van der Waals surface area contributed by atoms with Gasteiger partial charge in [0.1, 0.15) is 12.2 Å². The molecule has 47 heavy (non-hydrogen) atoms. The van der Waals surface area contributed by atoms with Crippen LogP contribution < -0.4 is 5.32 Å². The third kappa shape index (κ3) is 10.7. The van der Waals surface area contributed by atoms with Crippen molar-refractivity contribution in [2.24, 2.45) is 17.3 Å². The molecule has 2 rings (SSSR count). The van der Waals surface area contributed by atoms with Gasteiger partial charge in [-0.25, -0.2) is 4.79 Å². The van der Waals surface area contributed by atoms with Crippen LogP contribution in [0.4, 0.5) is 0 Å². The van der Waals surface area contributed by atoms with Crippen LogP contribution in [0.25, 0.3) is 0 Å². The lowest BCUT2D eigenvalue weighted by atomic mass is 9.71. The Hall–Kier alpha value is -3.16.